The number of hydrogen-bond acceptors (Lipinski definition) is 5. The maximum atomic E-state index is 11.4. The number of nitrogens with zero attached hydrogens (tertiary/aromatic N) is 5. The molecule has 23 heavy (non-hydrogen) atoms. The van der Waals surface area contributed by atoms with Crippen LogP contribution >= 0.6 is 15.9 Å². The van der Waals surface area contributed by atoms with Crippen molar-refractivity contribution in [2.45, 2.75) is 25.3 Å². The van der Waals surface area contributed by atoms with Crippen LogP contribution in [0.4, 0.5) is 0 Å². The van der Waals surface area contributed by atoms with Crippen LogP contribution in [0.5, 0.6) is 0 Å². The number of pyridine rings is 1. The molecule has 0 N–H and O–H groups in total. The van der Waals surface area contributed by atoms with Gasteiger partial charge in [0, 0.05) is 12.4 Å². The summed E-state index contributed by atoms with van der Waals surface area (Å²) in [6, 6.07) is 2.15. The Bertz CT molecular complexity index is 897. The first-order chi connectivity index (χ1) is 11.1. The number of aromatic nitrogens is 5. The van der Waals surface area contributed by atoms with E-state index in [9.17, 15) is 4.79 Å². The summed E-state index contributed by atoms with van der Waals surface area (Å²) in [7, 11) is 1.32. The van der Waals surface area contributed by atoms with Crippen LogP contribution in [-0.2, 0) is 11.3 Å². The predicted molar refractivity (Wildman–Crippen MR) is 85.3 cm³/mol. The van der Waals surface area contributed by atoms with Crippen LogP contribution in [0.25, 0.3) is 5.65 Å². The van der Waals surface area contributed by atoms with E-state index in [0.717, 1.165) is 15.8 Å². The smallest absolute Gasteiger partial charge is 0.360 e. The van der Waals surface area contributed by atoms with E-state index in [0.29, 0.717) is 12.5 Å². The van der Waals surface area contributed by atoms with Gasteiger partial charge in [0.2, 0.25) is 0 Å². The number of rotatable bonds is 4. The lowest BCUT2D eigenvalue weighted by atomic mass is 10.2. The lowest BCUT2D eigenvalue weighted by Crippen LogP contribution is -2.02. The molecule has 3 aromatic heterocycles. The Morgan fingerprint density at radius 2 is 2.22 bits per heavy atom. The van der Waals surface area contributed by atoms with E-state index in [1.54, 1.807) is 10.9 Å². The first-order valence-corrected chi connectivity index (χ1v) is 8.09. The highest BCUT2D eigenvalue weighted by Gasteiger charge is 2.24. The number of esters is 1. The molecule has 0 unspecified atom stereocenters. The molecule has 3 aromatic rings. The van der Waals surface area contributed by atoms with Crippen molar-refractivity contribution in [1.82, 2.24) is 24.4 Å². The monoisotopic (exact) mass is 375 g/mol. The van der Waals surface area contributed by atoms with Crippen LogP contribution < -0.4 is 0 Å². The van der Waals surface area contributed by atoms with Crippen molar-refractivity contribution in [3.63, 3.8) is 0 Å². The molecule has 0 aliphatic heterocycles. The maximum absolute atomic E-state index is 11.4. The molecule has 1 aliphatic rings. The second-order valence-electron chi connectivity index (χ2n) is 5.65. The molecule has 1 fully saturated rings. The van der Waals surface area contributed by atoms with Crippen LogP contribution in [0, 0.1) is 0 Å². The van der Waals surface area contributed by atoms with Crippen LogP contribution in [0.15, 0.2) is 29.1 Å². The zero-order valence-electron chi connectivity index (χ0n) is 12.4. The average molecular weight is 376 g/mol. The lowest BCUT2D eigenvalue weighted by Gasteiger charge is -2.01. The van der Waals surface area contributed by atoms with Gasteiger partial charge in [-0.3, -0.25) is 0 Å². The Kier molecular flexibility index (Phi) is 3.41. The van der Waals surface area contributed by atoms with E-state index in [2.05, 4.69) is 48.2 Å². The Labute approximate surface area is 140 Å². The summed E-state index contributed by atoms with van der Waals surface area (Å²) in [5.41, 5.74) is 3.24. The Morgan fingerprint density at radius 3 is 2.96 bits per heavy atom. The molecular formula is C15H14BrN5O2. The highest BCUT2D eigenvalue weighted by Crippen LogP contribution is 2.41. The zero-order chi connectivity index (χ0) is 16.0. The van der Waals surface area contributed by atoms with Gasteiger partial charge in [-0.1, -0.05) is 5.21 Å². The standard InChI is InChI=1S/C15H14BrN5O2/c1-23-15(22)13-8-21(19-18-13)7-11-6-20-5-10(9-2-3-9)4-12(16)14(20)17-11/h4-6,8-9H,2-3,7H2,1H3. The molecule has 7 nitrogen and oxygen atoms in total. The largest absolute Gasteiger partial charge is 0.464 e. The highest BCUT2D eigenvalue weighted by atomic mass is 79.9. The van der Waals surface area contributed by atoms with E-state index in [1.165, 1.54) is 25.5 Å². The number of imidazole rings is 1. The topological polar surface area (TPSA) is 74.3 Å². The summed E-state index contributed by atoms with van der Waals surface area (Å²) < 4.78 is 9.22. The lowest BCUT2D eigenvalue weighted by molar-refractivity contribution is 0.0594. The number of ether oxygens (including phenoxy) is 1. The number of fused-ring (bicyclic) bond motifs is 1. The molecule has 1 saturated carbocycles. The van der Waals surface area contributed by atoms with Gasteiger partial charge in [0.15, 0.2) is 11.3 Å². The summed E-state index contributed by atoms with van der Waals surface area (Å²) in [6.07, 6.45) is 8.19. The van der Waals surface area contributed by atoms with Gasteiger partial charge in [0.25, 0.3) is 0 Å². The molecule has 8 heteroatoms. The van der Waals surface area contributed by atoms with Gasteiger partial charge < -0.3 is 9.14 Å². The third-order valence-corrected chi connectivity index (χ3v) is 4.47. The minimum Gasteiger partial charge on any atom is -0.464 e. The average Bonchev–Trinajstić information content (AvgIpc) is 3.16. The van der Waals surface area contributed by atoms with E-state index in [4.69, 9.17) is 0 Å². The van der Waals surface area contributed by atoms with Crippen LogP contribution in [0.2, 0.25) is 0 Å². The summed E-state index contributed by atoms with van der Waals surface area (Å²) in [6.45, 7) is 0.441. The molecule has 0 amide bonds. The maximum Gasteiger partial charge on any atom is 0.360 e. The minimum atomic E-state index is -0.497. The number of hydrogen-bond donors (Lipinski definition) is 0. The molecule has 0 aromatic carbocycles. The Hall–Kier alpha value is -2.22. The molecule has 0 saturated heterocycles. The molecule has 118 valence electrons. The number of carbonyl (C=O) groups is 1. The van der Waals surface area contributed by atoms with Crippen molar-refractivity contribution in [3.05, 3.63) is 46.1 Å². The molecule has 0 atom stereocenters. The molecular weight excluding hydrogens is 362 g/mol. The summed E-state index contributed by atoms with van der Waals surface area (Å²) in [5, 5.41) is 7.73. The normalized spacial score (nSPS) is 14.3. The predicted octanol–water partition coefficient (Wildman–Crippen LogP) is 2.40. The summed E-state index contributed by atoms with van der Waals surface area (Å²) >= 11 is 3.60. The van der Waals surface area contributed by atoms with Gasteiger partial charge in [0.1, 0.15) is 0 Å². The fourth-order valence-electron chi connectivity index (χ4n) is 2.58. The van der Waals surface area contributed by atoms with Gasteiger partial charge in [0.05, 0.1) is 30.0 Å². The number of methoxy groups -OCH3 is 1. The van der Waals surface area contributed by atoms with E-state index in [-0.39, 0.29) is 5.69 Å². The first-order valence-electron chi connectivity index (χ1n) is 7.29. The summed E-state index contributed by atoms with van der Waals surface area (Å²) in [5.74, 6) is 0.183. The van der Waals surface area contributed by atoms with Crippen molar-refractivity contribution in [3.8, 4) is 0 Å². The number of halogens is 1. The van der Waals surface area contributed by atoms with Crippen LogP contribution in [0.3, 0.4) is 0 Å². The molecule has 4 rings (SSSR count). The minimum absolute atomic E-state index is 0.188. The van der Waals surface area contributed by atoms with Crippen molar-refractivity contribution in [2.24, 2.45) is 0 Å². The quantitative estimate of drug-likeness (QED) is 0.654. The molecule has 3 heterocycles. The molecule has 0 bridgehead atoms. The molecule has 0 radical (unpaired) electrons. The first kappa shape index (κ1) is 14.4. The van der Waals surface area contributed by atoms with Crippen LogP contribution in [-0.4, -0.2) is 37.5 Å². The van der Waals surface area contributed by atoms with E-state index in [1.807, 2.05) is 10.6 Å². The van der Waals surface area contributed by atoms with Gasteiger partial charge >= 0.3 is 5.97 Å². The van der Waals surface area contributed by atoms with Crippen molar-refractivity contribution >= 4 is 27.5 Å². The zero-order valence-corrected chi connectivity index (χ0v) is 14.0. The van der Waals surface area contributed by atoms with Crippen LogP contribution in [0.1, 0.15) is 40.5 Å². The fourth-order valence-corrected chi connectivity index (χ4v) is 3.14. The van der Waals surface area contributed by atoms with E-state index >= 15 is 0 Å². The van der Waals surface area contributed by atoms with Crippen molar-refractivity contribution < 1.29 is 9.53 Å². The number of carbonyl (C=O) groups excluding carboxylic acids is 1. The third kappa shape index (κ3) is 2.74. The second-order valence-corrected chi connectivity index (χ2v) is 6.51. The van der Waals surface area contributed by atoms with Gasteiger partial charge in [-0.15, -0.1) is 5.10 Å². The second kappa shape index (κ2) is 5.45. The fraction of sp³-hybridized carbons (Fsp3) is 0.333. The van der Waals surface area contributed by atoms with Crippen molar-refractivity contribution in [1.29, 1.82) is 0 Å². The summed E-state index contributed by atoms with van der Waals surface area (Å²) in [4.78, 5) is 16.0. The van der Waals surface area contributed by atoms with Gasteiger partial charge in [-0.05, 0) is 46.3 Å². The van der Waals surface area contributed by atoms with Gasteiger partial charge in [-0.2, -0.15) is 0 Å². The third-order valence-electron chi connectivity index (χ3n) is 3.88. The highest BCUT2D eigenvalue weighted by molar-refractivity contribution is 9.10. The van der Waals surface area contributed by atoms with Crippen molar-refractivity contribution in [2.75, 3.05) is 7.11 Å². The Morgan fingerprint density at radius 1 is 1.39 bits per heavy atom. The molecule has 0 spiro atoms. The molecule has 1 aliphatic carbocycles. The SMILES string of the molecule is COC(=O)c1cn(Cc2cn3cc(C4CC4)cc(Br)c3n2)nn1. The van der Waals surface area contributed by atoms with Gasteiger partial charge in [-0.25, -0.2) is 14.5 Å². The van der Waals surface area contributed by atoms with E-state index < -0.39 is 5.97 Å². The Balaban J connectivity index is 1.62.